The highest BCUT2D eigenvalue weighted by Gasteiger charge is 2.37. The Kier molecular flexibility index (Phi) is 4.58. The van der Waals surface area contributed by atoms with Crippen LogP contribution in [0.4, 0.5) is 0 Å². The molecule has 2 fully saturated rings. The Morgan fingerprint density at radius 3 is 2.79 bits per heavy atom. The predicted octanol–water partition coefficient (Wildman–Crippen LogP) is 1.53. The second-order valence-electron chi connectivity index (χ2n) is 5.19. The van der Waals surface area contributed by atoms with Crippen LogP contribution in [-0.2, 0) is 19.1 Å². The molecular weight excluding hydrogens is 246 g/mol. The lowest BCUT2D eigenvalue weighted by Gasteiger charge is -2.31. The number of ether oxygens (including phenoxy) is 2. The number of carbonyl (C=O) groups is 2. The van der Waals surface area contributed by atoms with E-state index in [1.807, 2.05) is 6.92 Å². The molecule has 5 heteroatoms. The van der Waals surface area contributed by atoms with E-state index in [0.717, 1.165) is 5.57 Å². The van der Waals surface area contributed by atoms with Crippen molar-refractivity contribution in [1.29, 1.82) is 0 Å². The molecule has 0 unspecified atom stereocenters. The molecule has 1 aliphatic carbocycles. The maximum Gasteiger partial charge on any atom is 0.354 e. The van der Waals surface area contributed by atoms with E-state index in [-0.39, 0.29) is 12.2 Å². The summed E-state index contributed by atoms with van der Waals surface area (Å²) in [4.78, 5) is 22.6. The zero-order valence-corrected chi connectivity index (χ0v) is 11.5. The standard InChI is InChI=1S/C14H21NO4/c1-3-18-14(17)13(15-8-16)11-6-9(2)19-12(7-11)10-4-5-10/h8-10,12H,3-7H2,1-2H3,(H,15,16)/b13-11-/t9-,12+/m0/s1. The molecular formula is C14H21NO4. The highest BCUT2D eigenvalue weighted by atomic mass is 16.5. The summed E-state index contributed by atoms with van der Waals surface area (Å²) in [7, 11) is 0. The summed E-state index contributed by atoms with van der Waals surface area (Å²) < 4.78 is 10.9. The van der Waals surface area contributed by atoms with Gasteiger partial charge in [0.1, 0.15) is 5.70 Å². The van der Waals surface area contributed by atoms with Gasteiger partial charge in [-0.25, -0.2) is 4.79 Å². The summed E-state index contributed by atoms with van der Waals surface area (Å²) in [6, 6.07) is 0. The predicted molar refractivity (Wildman–Crippen MR) is 69.2 cm³/mol. The fourth-order valence-corrected chi connectivity index (χ4v) is 2.59. The number of rotatable bonds is 5. The van der Waals surface area contributed by atoms with Crippen molar-refractivity contribution in [1.82, 2.24) is 5.32 Å². The van der Waals surface area contributed by atoms with Crippen LogP contribution in [0.25, 0.3) is 0 Å². The van der Waals surface area contributed by atoms with Gasteiger partial charge in [-0.1, -0.05) is 0 Å². The molecule has 19 heavy (non-hydrogen) atoms. The molecule has 0 spiro atoms. The molecule has 1 saturated carbocycles. The first-order chi connectivity index (χ1) is 9.15. The Bertz CT molecular complexity index is 387. The average molecular weight is 267 g/mol. The second-order valence-corrected chi connectivity index (χ2v) is 5.19. The first-order valence-electron chi connectivity index (χ1n) is 6.90. The van der Waals surface area contributed by atoms with Crippen LogP contribution in [0.2, 0.25) is 0 Å². The first kappa shape index (κ1) is 14.1. The third-order valence-electron chi connectivity index (χ3n) is 3.57. The minimum atomic E-state index is -0.451. The zero-order valence-electron chi connectivity index (χ0n) is 11.5. The Morgan fingerprint density at radius 1 is 1.47 bits per heavy atom. The van der Waals surface area contributed by atoms with Crippen molar-refractivity contribution in [2.45, 2.75) is 51.7 Å². The van der Waals surface area contributed by atoms with Gasteiger partial charge in [0.05, 0.1) is 18.8 Å². The van der Waals surface area contributed by atoms with Crippen molar-refractivity contribution < 1.29 is 19.1 Å². The summed E-state index contributed by atoms with van der Waals surface area (Å²) in [5, 5.41) is 2.51. The van der Waals surface area contributed by atoms with Crippen molar-refractivity contribution >= 4 is 12.4 Å². The van der Waals surface area contributed by atoms with E-state index >= 15 is 0 Å². The Morgan fingerprint density at radius 2 is 2.21 bits per heavy atom. The van der Waals surface area contributed by atoms with Gasteiger partial charge in [0.2, 0.25) is 6.41 Å². The smallest absolute Gasteiger partial charge is 0.354 e. The molecule has 0 aromatic rings. The van der Waals surface area contributed by atoms with Gasteiger partial charge in [0.25, 0.3) is 0 Å². The Hall–Kier alpha value is -1.36. The molecule has 2 atom stereocenters. The summed E-state index contributed by atoms with van der Waals surface area (Å²) in [5.74, 6) is 0.158. The van der Waals surface area contributed by atoms with Crippen LogP contribution in [0.1, 0.15) is 39.5 Å². The van der Waals surface area contributed by atoms with E-state index in [2.05, 4.69) is 5.32 Å². The number of hydrogen-bond acceptors (Lipinski definition) is 4. The van der Waals surface area contributed by atoms with Gasteiger partial charge in [-0.05, 0) is 51.0 Å². The van der Waals surface area contributed by atoms with Crippen LogP contribution >= 0.6 is 0 Å². The second kappa shape index (κ2) is 6.19. The van der Waals surface area contributed by atoms with Gasteiger partial charge in [-0.15, -0.1) is 0 Å². The summed E-state index contributed by atoms with van der Waals surface area (Å²) >= 11 is 0. The van der Waals surface area contributed by atoms with E-state index in [9.17, 15) is 9.59 Å². The fourth-order valence-electron chi connectivity index (χ4n) is 2.59. The number of hydrogen-bond donors (Lipinski definition) is 1. The maximum absolute atomic E-state index is 11.9. The van der Waals surface area contributed by atoms with E-state index < -0.39 is 5.97 Å². The third kappa shape index (κ3) is 3.56. The summed E-state index contributed by atoms with van der Waals surface area (Å²) in [5.41, 5.74) is 1.25. The van der Waals surface area contributed by atoms with Gasteiger partial charge in [0.15, 0.2) is 0 Å². The van der Waals surface area contributed by atoms with Crippen molar-refractivity contribution in [3.63, 3.8) is 0 Å². The Labute approximate surface area is 113 Å². The van der Waals surface area contributed by atoms with Crippen molar-refractivity contribution in [2.24, 2.45) is 5.92 Å². The van der Waals surface area contributed by atoms with Gasteiger partial charge in [-0.3, -0.25) is 4.79 Å². The highest BCUT2D eigenvalue weighted by molar-refractivity contribution is 5.91. The van der Waals surface area contributed by atoms with Gasteiger partial charge >= 0.3 is 5.97 Å². The lowest BCUT2D eigenvalue weighted by molar-refractivity contribution is -0.139. The number of amides is 1. The molecule has 1 saturated heterocycles. The number of nitrogens with one attached hydrogen (secondary N) is 1. The van der Waals surface area contributed by atoms with Crippen LogP contribution in [-0.4, -0.2) is 31.2 Å². The van der Waals surface area contributed by atoms with Crippen LogP contribution in [0.3, 0.4) is 0 Å². The van der Waals surface area contributed by atoms with Gasteiger partial charge in [-0.2, -0.15) is 0 Å². The molecule has 1 aliphatic heterocycles. The lowest BCUT2D eigenvalue weighted by atomic mass is 9.94. The molecule has 1 N–H and O–H groups in total. The molecule has 1 amide bonds. The van der Waals surface area contributed by atoms with E-state index in [1.54, 1.807) is 6.92 Å². The number of esters is 1. The molecule has 1 heterocycles. The third-order valence-corrected chi connectivity index (χ3v) is 3.57. The van der Waals surface area contributed by atoms with E-state index in [0.29, 0.717) is 37.5 Å². The normalized spacial score (nSPS) is 29.6. The maximum atomic E-state index is 11.9. The van der Waals surface area contributed by atoms with Crippen LogP contribution in [0.15, 0.2) is 11.3 Å². The van der Waals surface area contributed by atoms with Crippen molar-refractivity contribution in [3.8, 4) is 0 Å². The molecule has 5 nitrogen and oxygen atoms in total. The largest absolute Gasteiger partial charge is 0.461 e. The molecule has 0 aromatic heterocycles. The van der Waals surface area contributed by atoms with E-state index in [4.69, 9.17) is 9.47 Å². The molecule has 106 valence electrons. The van der Waals surface area contributed by atoms with Gasteiger partial charge in [0, 0.05) is 0 Å². The monoisotopic (exact) mass is 267 g/mol. The first-order valence-corrected chi connectivity index (χ1v) is 6.90. The van der Waals surface area contributed by atoms with Crippen LogP contribution in [0, 0.1) is 5.92 Å². The van der Waals surface area contributed by atoms with Crippen LogP contribution in [0.5, 0.6) is 0 Å². The fraction of sp³-hybridized carbons (Fsp3) is 0.714. The minimum Gasteiger partial charge on any atom is -0.461 e. The van der Waals surface area contributed by atoms with Crippen molar-refractivity contribution in [2.75, 3.05) is 6.61 Å². The Balaban J connectivity index is 2.17. The quantitative estimate of drug-likeness (QED) is 0.466. The minimum absolute atomic E-state index is 0.0761. The average Bonchev–Trinajstić information content (AvgIpc) is 3.19. The van der Waals surface area contributed by atoms with Crippen molar-refractivity contribution in [3.05, 3.63) is 11.3 Å². The van der Waals surface area contributed by atoms with E-state index in [1.165, 1.54) is 12.8 Å². The molecule has 2 aliphatic rings. The molecule has 0 radical (unpaired) electrons. The zero-order chi connectivity index (χ0) is 13.8. The highest BCUT2D eigenvalue weighted by Crippen LogP contribution is 2.41. The number of carbonyl (C=O) groups excluding carboxylic acids is 2. The molecule has 0 aromatic carbocycles. The SMILES string of the molecule is CCOC(=O)/C(NC=O)=C1\C[C@H](C)O[C@@H](C2CC2)C1. The van der Waals surface area contributed by atoms with Crippen LogP contribution < -0.4 is 5.32 Å². The molecule has 2 rings (SSSR count). The summed E-state index contributed by atoms with van der Waals surface area (Å²) in [6.07, 6.45) is 4.55. The summed E-state index contributed by atoms with van der Waals surface area (Å²) in [6.45, 7) is 4.05. The lowest BCUT2D eigenvalue weighted by Crippen LogP contribution is -2.32. The topological polar surface area (TPSA) is 64.6 Å². The van der Waals surface area contributed by atoms with Gasteiger partial charge < -0.3 is 14.8 Å². The molecule has 0 bridgehead atoms.